The molecule has 1 unspecified atom stereocenters. The zero-order chi connectivity index (χ0) is 10.8. The SMILES string of the molecule is CC(O)c1ccc(Br)c2c1OCCCO2. The van der Waals surface area contributed by atoms with Crippen molar-refractivity contribution in [1.29, 1.82) is 0 Å². The first-order chi connectivity index (χ1) is 7.20. The highest BCUT2D eigenvalue weighted by molar-refractivity contribution is 9.10. The Bertz CT molecular complexity index is 363. The molecule has 1 aromatic carbocycles. The molecule has 0 spiro atoms. The zero-order valence-corrected chi connectivity index (χ0v) is 10.1. The summed E-state index contributed by atoms with van der Waals surface area (Å²) >= 11 is 3.41. The van der Waals surface area contributed by atoms with Gasteiger partial charge >= 0.3 is 0 Å². The average Bonchev–Trinajstić information content (AvgIpc) is 2.43. The Balaban J connectivity index is 2.51. The lowest BCUT2D eigenvalue weighted by Crippen LogP contribution is -2.00. The van der Waals surface area contributed by atoms with Crippen LogP contribution >= 0.6 is 15.9 Å². The van der Waals surface area contributed by atoms with Gasteiger partial charge < -0.3 is 14.6 Å². The molecule has 82 valence electrons. The van der Waals surface area contributed by atoms with Crippen molar-refractivity contribution in [1.82, 2.24) is 0 Å². The lowest BCUT2D eigenvalue weighted by atomic mass is 10.1. The molecule has 0 saturated carbocycles. The molecule has 0 aromatic heterocycles. The van der Waals surface area contributed by atoms with Crippen molar-refractivity contribution >= 4 is 15.9 Å². The molecule has 15 heavy (non-hydrogen) atoms. The molecular formula is C11H13BrO3. The molecule has 1 aromatic rings. The highest BCUT2D eigenvalue weighted by Gasteiger charge is 2.19. The molecule has 1 N–H and O–H groups in total. The second kappa shape index (κ2) is 4.41. The van der Waals surface area contributed by atoms with Gasteiger partial charge in [0.15, 0.2) is 11.5 Å². The monoisotopic (exact) mass is 272 g/mol. The van der Waals surface area contributed by atoms with Crippen molar-refractivity contribution in [3.05, 3.63) is 22.2 Å². The number of rotatable bonds is 1. The van der Waals surface area contributed by atoms with E-state index in [1.165, 1.54) is 0 Å². The lowest BCUT2D eigenvalue weighted by molar-refractivity contribution is 0.191. The minimum atomic E-state index is -0.548. The molecule has 0 aliphatic carbocycles. The van der Waals surface area contributed by atoms with E-state index in [1.54, 1.807) is 6.92 Å². The summed E-state index contributed by atoms with van der Waals surface area (Å²) in [4.78, 5) is 0. The van der Waals surface area contributed by atoms with Crippen molar-refractivity contribution in [2.45, 2.75) is 19.4 Å². The molecule has 2 rings (SSSR count). The van der Waals surface area contributed by atoms with Gasteiger partial charge in [-0.25, -0.2) is 0 Å². The van der Waals surface area contributed by atoms with Gasteiger partial charge in [-0.2, -0.15) is 0 Å². The fraction of sp³-hybridized carbons (Fsp3) is 0.455. The van der Waals surface area contributed by atoms with Gasteiger partial charge in [-0.15, -0.1) is 0 Å². The van der Waals surface area contributed by atoms with Gasteiger partial charge in [0.25, 0.3) is 0 Å². The molecule has 1 aliphatic heterocycles. The maximum absolute atomic E-state index is 9.61. The second-order valence-electron chi connectivity index (χ2n) is 3.52. The number of fused-ring (bicyclic) bond motifs is 1. The van der Waals surface area contributed by atoms with Crippen molar-refractivity contribution in [3.8, 4) is 11.5 Å². The number of benzene rings is 1. The summed E-state index contributed by atoms with van der Waals surface area (Å²) in [6.07, 6.45) is 0.314. The largest absolute Gasteiger partial charge is 0.489 e. The smallest absolute Gasteiger partial charge is 0.175 e. The van der Waals surface area contributed by atoms with Crippen molar-refractivity contribution in [2.24, 2.45) is 0 Å². The zero-order valence-electron chi connectivity index (χ0n) is 8.50. The average molecular weight is 273 g/mol. The Morgan fingerprint density at radius 1 is 1.27 bits per heavy atom. The van der Waals surface area contributed by atoms with E-state index in [1.807, 2.05) is 12.1 Å². The van der Waals surface area contributed by atoms with Crippen LogP contribution < -0.4 is 9.47 Å². The maximum Gasteiger partial charge on any atom is 0.175 e. The molecule has 1 heterocycles. The van der Waals surface area contributed by atoms with Crippen LogP contribution in [0.4, 0.5) is 0 Å². The van der Waals surface area contributed by atoms with Crippen LogP contribution in [0, 0.1) is 0 Å². The van der Waals surface area contributed by atoms with E-state index in [4.69, 9.17) is 9.47 Å². The highest BCUT2D eigenvalue weighted by Crippen LogP contribution is 2.41. The molecule has 0 fully saturated rings. The summed E-state index contributed by atoms with van der Waals surface area (Å²) in [6, 6.07) is 3.72. The number of halogens is 1. The molecule has 4 heteroatoms. The molecule has 0 radical (unpaired) electrons. The molecule has 0 bridgehead atoms. The standard InChI is InChI=1S/C11H13BrO3/c1-7(13)8-3-4-9(12)11-10(8)14-5-2-6-15-11/h3-4,7,13H,2,5-6H2,1H3. The Morgan fingerprint density at radius 2 is 1.93 bits per heavy atom. The fourth-order valence-corrected chi connectivity index (χ4v) is 2.00. The summed E-state index contributed by atoms with van der Waals surface area (Å²) in [5.74, 6) is 1.36. The Hall–Kier alpha value is -0.740. The van der Waals surface area contributed by atoms with E-state index in [0.717, 1.165) is 16.5 Å². The normalized spacial score (nSPS) is 17.0. The van der Waals surface area contributed by atoms with E-state index < -0.39 is 6.10 Å². The van der Waals surface area contributed by atoms with Gasteiger partial charge in [0.1, 0.15) is 0 Å². The summed E-state index contributed by atoms with van der Waals surface area (Å²) in [5.41, 5.74) is 0.773. The van der Waals surface area contributed by atoms with Crippen LogP contribution in [0.25, 0.3) is 0 Å². The third kappa shape index (κ3) is 2.11. The number of ether oxygens (including phenoxy) is 2. The molecule has 0 amide bonds. The topological polar surface area (TPSA) is 38.7 Å². The van der Waals surface area contributed by atoms with Crippen LogP contribution in [0.15, 0.2) is 16.6 Å². The van der Waals surface area contributed by atoms with Crippen LogP contribution in [0.2, 0.25) is 0 Å². The summed E-state index contributed by atoms with van der Waals surface area (Å²) in [6.45, 7) is 3.00. The molecule has 0 saturated heterocycles. The molecule has 3 nitrogen and oxygen atoms in total. The number of hydrogen-bond donors (Lipinski definition) is 1. The van der Waals surface area contributed by atoms with Gasteiger partial charge in [-0.05, 0) is 28.9 Å². The van der Waals surface area contributed by atoms with E-state index in [-0.39, 0.29) is 0 Å². The van der Waals surface area contributed by atoms with E-state index in [2.05, 4.69) is 15.9 Å². The van der Waals surface area contributed by atoms with Crippen LogP contribution in [-0.2, 0) is 0 Å². The maximum atomic E-state index is 9.61. The fourth-order valence-electron chi connectivity index (χ4n) is 1.57. The lowest BCUT2D eigenvalue weighted by Gasteiger charge is -2.15. The third-order valence-electron chi connectivity index (χ3n) is 2.33. The third-order valence-corrected chi connectivity index (χ3v) is 2.95. The van der Waals surface area contributed by atoms with E-state index >= 15 is 0 Å². The number of hydrogen-bond acceptors (Lipinski definition) is 3. The molecule has 1 atom stereocenters. The van der Waals surface area contributed by atoms with Crippen LogP contribution in [0.1, 0.15) is 25.0 Å². The summed E-state index contributed by atoms with van der Waals surface area (Å²) in [5, 5.41) is 9.61. The first kappa shape index (κ1) is 10.8. The predicted molar refractivity (Wildman–Crippen MR) is 60.4 cm³/mol. The Morgan fingerprint density at radius 3 is 2.60 bits per heavy atom. The predicted octanol–water partition coefficient (Wildman–Crippen LogP) is 2.66. The van der Waals surface area contributed by atoms with Crippen LogP contribution in [0.5, 0.6) is 11.5 Å². The highest BCUT2D eigenvalue weighted by atomic mass is 79.9. The minimum absolute atomic E-state index is 0.548. The summed E-state index contributed by atoms with van der Waals surface area (Å²) in [7, 11) is 0. The molecule has 1 aliphatic rings. The van der Waals surface area contributed by atoms with Gasteiger partial charge in [-0.1, -0.05) is 6.07 Å². The first-order valence-electron chi connectivity index (χ1n) is 4.96. The Kier molecular flexibility index (Phi) is 3.17. The van der Waals surface area contributed by atoms with Crippen LogP contribution in [-0.4, -0.2) is 18.3 Å². The first-order valence-corrected chi connectivity index (χ1v) is 5.75. The van der Waals surface area contributed by atoms with Crippen molar-refractivity contribution in [2.75, 3.05) is 13.2 Å². The van der Waals surface area contributed by atoms with E-state index in [9.17, 15) is 5.11 Å². The Labute approximate surface area is 97.1 Å². The van der Waals surface area contributed by atoms with Crippen molar-refractivity contribution in [3.63, 3.8) is 0 Å². The van der Waals surface area contributed by atoms with Gasteiger partial charge in [0.05, 0.1) is 23.8 Å². The van der Waals surface area contributed by atoms with Crippen molar-refractivity contribution < 1.29 is 14.6 Å². The molecular weight excluding hydrogens is 260 g/mol. The minimum Gasteiger partial charge on any atom is -0.489 e. The summed E-state index contributed by atoms with van der Waals surface area (Å²) < 4.78 is 12.1. The van der Waals surface area contributed by atoms with Gasteiger partial charge in [-0.3, -0.25) is 0 Å². The number of aliphatic hydroxyl groups excluding tert-OH is 1. The van der Waals surface area contributed by atoms with Gasteiger partial charge in [0, 0.05) is 12.0 Å². The van der Waals surface area contributed by atoms with E-state index in [0.29, 0.717) is 24.7 Å². The number of aliphatic hydroxyl groups is 1. The second-order valence-corrected chi connectivity index (χ2v) is 4.38. The van der Waals surface area contributed by atoms with Gasteiger partial charge in [0.2, 0.25) is 0 Å². The quantitative estimate of drug-likeness (QED) is 0.855. The van der Waals surface area contributed by atoms with Crippen LogP contribution in [0.3, 0.4) is 0 Å².